The highest BCUT2D eigenvalue weighted by atomic mass is 16.7. The number of hydrogen-bond acceptors (Lipinski definition) is 8. The van der Waals surface area contributed by atoms with Crippen LogP contribution in [-0.2, 0) is 41.6 Å². The van der Waals surface area contributed by atoms with Gasteiger partial charge in [-0.25, -0.2) is 0 Å². The summed E-state index contributed by atoms with van der Waals surface area (Å²) in [6.45, 7) is 3.79. The number of carbonyl (C=O) groups is 5. The van der Waals surface area contributed by atoms with Crippen molar-refractivity contribution in [2.24, 2.45) is 5.92 Å². The first-order chi connectivity index (χ1) is 22.0. The maximum absolute atomic E-state index is 13.7. The summed E-state index contributed by atoms with van der Waals surface area (Å²) in [7, 11) is 1.48. The van der Waals surface area contributed by atoms with Gasteiger partial charge >= 0.3 is 0 Å². The molecule has 3 aliphatic heterocycles. The van der Waals surface area contributed by atoms with E-state index in [0.29, 0.717) is 23.5 Å². The Morgan fingerprint density at radius 2 is 1.67 bits per heavy atom. The molecule has 5 amide bonds. The van der Waals surface area contributed by atoms with E-state index in [2.05, 4.69) is 16.0 Å². The minimum absolute atomic E-state index is 0.00710. The summed E-state index contributed by atoms with van der Waals surface area (Å²) in [6, 6.07) is 12.7. The second-order valence-corrected chi connectivity index (χ2v) is 12.3. The normalized spacial score (nSPS) is 24.1. The smallest absolute Gasteiger partial charge is 0.251 e. The largest absolute Gasteiger partial charge is 0.454 e. The molecule has 0 unspecified atom stereocenters. The number of amides is 5. The molecule has 0 aromatic heterocycles. The minimum Gasteiger partial charge on any atom is -0.454 e. The predicted molar refractivity (Wildman–Crippen MR) is 166 cm³/mol. The summed E-state index contributed by atoms with van der Waals surface area (Å²) in [5, 5.41) is 8.42. The highest BCUT2D eigenvalue weighted by Crippen LogP contribution is 2.32. The van der Waals surface area contributed by atoms with Gasteiger partial charge in [-0.1, -0.05) is 50.2 Å². The lowest BCUT2D eigenvalue weighted by molar-refractivity contribution is -0.157. The molecular weight excluding hydrogens is 594 g/mol. The zero-order valence-corrected chi connectivity index (χ0v) is 26.3. The van der Waals surface area contributed by atoms with Crippen molar-refractivity contribution in [3.8, 4) is 11.5 Å². The Balaban J connectivity index is 1.40. The van der Waals surface area contributed by atoms with Gasteiger partial charge in [-0.15, -0.1) is 0 Å². The monoisotopic (exact) mass is 635 g/mol. The van der Waals surface area contributed by atoms with Gasteiger partial charge in [0.25, 0.3) is 5.91 Å². The van der Waals surface area contributed by atoms with Gasteiger partial charge in [0, 0.05) is 26.6 Å². The molecule has 2 bridgehead atoms. The van der Waals surface area contributed by atoms with Crippen molar-refractivity contribution in [2.45, 2.75) is 57.4 Å². The molecule has 0 radical (unpaired) electrons. The van der Waals surface area contributed by atoms with E-state index in [9.17, 15) is 24.0 Å². The number of fused-ring (bicyclic) bond motifs is 3. The molecule has 2 fully saturated rings. The number of likely N-dealkylation sites (N-methyl/N-ethyl adjacent to an activating group) is 1. The molecule has 2 aromatic rings. The Hall–Kier alpha value is -4.65. The summed E-state index contributed by atoms with van der Waals surface area (Å²) >= 11 is 0. The summed E-state index contributed by atoms with van der Waals surface area (Å²) in [5.74, 6) is -0.939. The van der Waals surface area contributed by atoms with E-state index in [1.807, 2.05) is 44.2 Å². The quantitative estimate of drug-likeness (QED) is 0.412. The van der Waals surface area contributed by atoms with Gasteiger partial charge in [0.2, 0.25) is 30.4 Å². The van der Waals surface area contributed by atoms with Gasteiger partial charge in [0.1, 0.15) is 12.1 Å². The predicted octanol–water partition coefficient (Wildman–Crippen LogP) is 0.400. The van der Waals surface area contributed by atoms with E-state index in [4.69, 9.17) is 14.2 Å². The molecule has 13 nitrogen and oxygen atoms in total. The molecule has 246 valence electrons. The van der Waals surface area contributed by atoms with Crippen molar-refractivity contribution in [1.29, 1.82) is 0 Å². The van der Waals surface area contributed by atoms with Crippen molar-refractivity contribution < 1.29 is 38.2 Å². The maximum Gasteiger partial charge on any atom is 0.251 e. The van der Waals surface area contributed by atoms with E-state index in [-0.39, 0.29) is 57.6 Å². The van der Waals surface area contributed by atoms with Crippen molar-refractivity contribution >= 4 is 29.5 Å². The second kappa shape index (κ2) is 14.6. The van der Waals surface area contributed by atoms with Crippen LogP contribution in [0.3, 0.4) is 0 Å². The molecule has 2 aromatic carbocycles. The molecule has 5 rings (SSSR count). The van der Waals surface area contributed by atoms with Gasteiger partial charge in [-0.05, 0) is 35.6 Å². The molecular formula is C33H41N5O8. The molecule has 3 aliphatic rings. The third kappa shape index (κ3) is 8.33. The highest BCUT2D eigenvalue weighted by Gasteiger charge is 2.38. The van der Waals surface area contributed by atoms with Crippen molar-refractivity contribution in [3.63, 3.8) is 0 Å². The summed E-state index contributed by atoms with van der Waals surface area (Å²) < 4.78 is 17.0. The van der Waals surface area contributed by atoms with Crippen LogP contribution in [-0.4, -0.2) is 104 Å². The fraction of sp³-hybridized carbons (Fsp3) is 0.485. The average molecular weight is 636 g/mol. The van der Waals surface area contributed by atoms with Crippen LogP contribution in [0.1, 0.15) is 31.4 Å². The van der Waals surface area contributed by atoms with Crippen molar-refractivity contribution in [3.05, 3.63) is 59.7 Å². The number of benzene rings is 2. The van der Waals surface area contributed by atoms with E-state index in [0.717, 1.165) is 5.56 Å². The van der Waals surface area contributed by atoms with Crippen LogP contribution in [0.25, 0.3) is 0 Å². The third-order valence-corrected chi connectivity index (χ3v) is 8.12. The highest BCUT2D eigenvalue weighted by molar-refractivity contribution is 5.93. The average Bonchev–Trinajstić information content (AvgIpc) is 3.50. The van der Waals surface area contributed by atoms with E-state index in [1.54, 1.807) is 23.1 Å². The summed E-state index contributed by atoms with van der Waals surface area (Å²) in [4.78, 5) is 70.0. The molecule has 2 saturated heterocycles. The van der Waals surface area contributed by atoms with Crippen LogP contribution in [0.15, 0.2) is 48.5 Å². The molecule has 46 heavy (non-hydrogen) atoms. The molecule has 0 aliphatic carbocycles. The zero-order chi connectivity index (χ0) is 32.8. The van der Waals surface area contributed by atoms with Gasteiger partial charge in [0.15, 0.2) is 17.6 Å². The number of morpholine rings is 1. The molecule has 0 saturated carbocycles. The molecule has 3 N–H and O–H groups in total. The maximum atomic E-state index is 13.7. The molecule has 13 heteroatoms. The number of carbonyl (C=O) groups excluding carboxylic acids is 5. The number of ether oxygens (including phenoxy) is 3. The first-order valence-electron chi connectivity index (χ1n) is 15.5. The summed E-state index contributed by atoms with van der Waals surface area (Å²) in [5.41, 5.74) is 1.53. The van der Waals surface area contributed by atoms with Gasteiger partial charge < -0.3 is 40.0 Å². The van der Waals surface area contributed by atoms with Gasteiger partial charge in [-0.2, -0.15) is 0 Å². The Morgan fingerprint density at radius 1 is 0.913 bits per heavy atom. The van der Waals surface area contributed by atoms with Crippen LogP contribution in [0, 0.1) is 5.92 Å². The fourth-order valence-electron chi connectivity index (χ4n) is 5.79. The lowest BCUT2D eigenvalue weighted by Gasteiger charge is -2.38. The van der Waals surface area contributed by atoms with Crippen LogP contribution in [0.2, 0.25) is 0 Å². The first kappa shape index (κ1) is 32.7. The second-order valence-electron chi connectivity index (χ2n) is 12.3. The molecule has 3 heterocycles. The van der Waals surface area contributed by atoms with Crippen LogP contribution in [0.4, 0.5) is 0 Å². The van der Waals surface area contributed by atoms with Gasteiger partial charge in [-0.3, -0.25) is 24.0 Å². The van der Waals surface area contributed by atoms with Crippen LogP contribution in [0.5, 0.6) is 11.5 Å². The SMILES string of the molecule is CC(C)C[C@@H]1NC(=O)CN(C)C(=O)[C@@H](Cc2ccccc2)NC(=O)[C@H]2CN(C(=O)Cc3ccc4c(c3)OCO4)C[C@@H](CNC1=O)O2. The van der Waals surface area contributed by atoms with Gasteiger partial charge in [0.05, 0.1) is 25.6 Å². The standard InChI is InChI=1S/C33H41N5O8/c1-20(2)11-24-31(41)34-15-23-16-38(30(40)14-22-9-10-26-27(13-22)45-19-44-26)17-28(46-23)32(42)36-25(12-21-7-5-4-6-8-21)33(43)37(3)18-29(39)35-24/h4-10,13,20,23-25,28H,11-12,14-19H2,1-3H3,(H,34,41)(H,35,39)(H,36,42)/t23-,24+,25-,28-/m1/s1. The van der Waals surface area contributed by atoms with Crippen LogP contribution >= 0.6 is 0 Å². The number of nitrogens with one attached hydrogen (secondary N) is 3. The number of rotatable bonds is 6. The Labute approximate surface area is 267 Å². The Kier molecular flexibility index (Phi) is 10.4. The van der Waals surface area contributed by atoms with E-state index in [1.165, 1.54) is 11.9 Å². The zero-order valence-electron chi connectivity index (χ0n) is 26.3. The lowest BCUT2D eigenvalue weighted by atomic mass is 10.0. The fourth-order valence-corrected chi connectivity index (χ4v) is 5.79. The van der Waals surface area contributed by atoms with Crippen molar-refractivity contribution in [2.75, 3.05) is 40.0 Å². The van der Waals surface area contributed by atoms with Crippen LogP contribution < -0.4 is 25.4 Å². The topological polar surface area (TPSA) is 156 Å². The first-order valence-corrected chi connectivity index (χ1v) is 15.5. The Bertz CT molecular complexity index is 1450. The Morgan fingerprint density at radius 3 is 2.43 bits per heavy atom. The summed E-state index contributed by atoms with van der Waals surface area (Å²) in [6.07, 6.45) is -1.23. The molecule has 4 atom stereocenters. The number of hydrogen-bond donors (Lipinski definition) is 3. The van der Waals surface area contributed by atoms with Crippen molar-refractivity contribution in [1.82, 2.24) is 25.8 Å². The third-order valence-electron chi connectivity index (χ3n) is 8.12. The number of nitrogens with zero attached hydrogens (tertiary/aromatic N) is 2. The molecule has 0 spiro atoms. The minimum atomic E-state index is -1.11. The van der Waals surface area contributed by atoms with E-state index >= 15 is 0 Å². The van der Waals surface area contributed by atoms with E-state index < -0.39 is 47.9 Å². The lowest BCUT2D eigenvalue weighted by Crippen LogP contribution is -2.59.